The molecule has 0 fully saturated rings. The van der Waals surface area contributed by atoms with Crippen LogP contribution >= 0.6 is 34.9 Å². The Hall–Kier alpha value is -1.76. The predicted molar refractivity (Wildman–Crippen MR) is 91.5 cm³/mol. The number of amides is 1. The van der Waals surface area contributed by atoms with Crippen molar-refractivity contribution < 1.29 is 4.79 Å². The van der Waals surface area contributed by atoms with E-state index in [1.165, 1.54) is 23.1 Å². The average molecular weight is 351 g/mol. The maximum absolute atomic E-state index is 12.0. The Kier molecular flexibility index (Phi) is 6.06. The number of carbonyl (C=O) groups is 1. The number of carbonyl (C=O) groups excluding carboxylic acids is 1. The van der Waals surface area contributed by atoms with Crippen LogP contribution in [0.1, 0.15) is 5.56 Å². The SMILES string of the molecule is CNc1nnc(SCC(=O)Nc2ccc(SC#N)cc2C)s1. The minimum absolute atomic E-state index is 0.102. The third kappa shape index (κ3) is 4.62. The van der Waals surface area contributed by atoms with Gasteiger partial charge < -0.3 is 10.6 Å². The molecule has 0 aliphatic rings. The van der Waals surface area contributed by atoms with Crippen LogP contribution in [0.4, 0.5) is 10.8 Å². The summed E-state index contributed by atoms with van der Waals surface area (Å²) in [5.41, 5.74) is 1.67. The summed E-state index contributed by atoms with van der Waals surface area (Å²) in [5, 5.41) is 25.0. The molecule has 2 rings (SSSR count). The standard InChI is InChI=1S/C13H13N5OS3/c1-8-5-9(21-7-14)3-4-10(8)16-11(19)6-20-13-18-17-12(15-2)22-13/h3-5H,6H2,1-2H3,(H,15,17)(H,16,19). The number of thiocyanates is 1. The van der Waals surface area contributed by atoms with Crippen LogP contribution in [0.5, 0.6) is 0 Å². The lowest BCUT2D eigenvalue weighted by Gasteiger charge is -2.08. The highest BCUT2D eigenvalue weighted by molar-refractivity contribution is 8.03. The molecule has 0 unspecified atom stereocenters. The molecule has 1 amide bonds. The summed E-state index contributed by atoms with van der Waals surface area (Å²) in [6.07, 6.45) is 0. The van der Waals surface area contributed by atoms with Gasteiger partial charge in [-0.1, -0.05) is 23.1 Å². The fourth-order valence-electron chi connectivity index (χ4n) is 1.58. The molecule has 22 heavy (non-hydrogen) atoms. The second-order valence-corrected chi connectivity index (χ2v) is 7.19. The molecule has 0 atom stereocenters. The Balaban J connectivity index is 1.90. The molecule has 114 valence electrons. The molecule has 0 saturated heterocycles. The second kappa shape index (κ2) is 8.03. The first-order chi connectivity index (χ1) is 10.6. The van der Waals surface area contributed by atoms with Gasteiger partial charge in [0.1, 0.15) is 5.40 Å². The van der Waals surface area contributed by atoms with Crippen molar-refractivity contribution in [2.75, 3.05) is 23.4 Å². The van der Waals surface area contributed by atoms with Gasteiger partial charge in [0, 0.05) is 17.6 Å². The van der Waals surface area contributed by atoms with Gasteiger partial charge in [0.15, 0.2) is 4.34 Å². The Labute approximate surface area is 140 Å². The molecule has 0 radical (unpaired) electrons. The largest absolute Gasteiger partial charge is 0.363 e. The molecule has 2 N–H and O–H groups in total. The predicted octanol–water partition coefficient (Wildman–Crippen LogP) is 3.19. The van der Waals surface area contributed by atoms with E-state index in [9.17, 15) is 4.79 Å². The van der Waals surface area contributed by atoms with Crippen molar-refractivity contribution in [1.82, 2.24) is 10.2 Å². The van der Waals surface area contributed by atoms with Crippen LogP contribution in [0.15, 0.2) is 27.4 Å². The lowest BCUT2D eigenvalue weighted by Crippen LogP contribution is -2.14. The summed E-state index contributed by atoms with van der Waals surface area (Å²) >= 11 is 3.85. The minimum Gasteiger partial charge on any atom is -0.363 e. The zero-order chi connectivity index (χ0) is 15.9. The van der Waals surface area contributed by atoms with Gasteiger partial charge in [0.2, 0.25) is 11.0 Å². The number of nitrogens with zero attached hydrogens (tertiary/aromatic N) is 3. The van der Waals surface area contributed by atoms with E-state index >= 15 is 0 Å². The number of thioether (sulfide) groups is 2. The number of hydrogen-bond donors (Lipinski definition) is 2. The highest BCUT2D eigenvalue weighted by Crippen LogP contribution is 2.26. The Morgan fingerprint density at radius 3 is 2.91 bits per heavy atom. The van der Waals surface area contributed by atoms with Crippen molar-refractivity contribution in [1.29, 1.82) is 5.26 Å². The first-order valence-corrected chi connectivity index (χ1v) is 8.84. The first-order valence-electron chi connectivity index (χ1n) is 6.23. The van der Waals surface area contributed by atoms with Gasteiger partial charge in [-0.15, -0.1) is 10.2 Å². The van der Waals surface area contributed by atoms with Gasteiger partial charge in [0.05, 0.1) is 5.75 Å². The van der Waals surface area contributed by atoms with Crippen molar-refractivity contribution in [2.45, 2.75) is 16.2 Å². The van der Waals surface area contributed by atoms with Gasteiger partial charge in [-0.25, -0.2) is 0 Å². The fourth-order valence-corrected chi connectivity index (χ4v) is 3.56. The smallest absolute Gasteiger partial charge is 0.234 e. The zero-order valence-corrected chi connectivity index (χ0v) is 14.4. The van der Waals surface area contributed by atoms with Gasteiger partial charge in [-0.05, 0) is 42.4 Å². The van der Waals surface area contributed by atoms with E-state index in [1.807, 2.05) is 30.5 Å². The van der Waals surface area contributed by atoms with Gasteiger partial charge in [-0.3, -0.25) is 4.79 Å². The van der Waals surface area contributed by atoms with E-state index < -0.39 is 0 Å². The van der Waals surface area contributed by atoms with Crippen LogP contribution in [-0.4, -0.2) is 28.9 Å². The molecule has 0 saturated carbocycles. The highest BCUT2D eigenvalue weighted by atomic mass is 32.2. The molecule has 2 aromatic rings. The zero-order valence-electron chi connectivity index (χ0n) is 11.9. The molecule has 0 spiro atoms. The average Bonchev–Trinajstić information content (AvgIpc) is 2.96. The summed E-state index contributed by atoms with van der Waals surface area (Å²) in [4.78, 5) is 12.8. The summed E-state index contributed by atoms with van der Waals surface area (Å²) < 4.78 is 0.747. The Bertz CT molecular complexity index is 710. The first kappa shape index (κ1) is 16.6. The van der Waals surface area contributed by atoms with E-state index in [4.69, 9.17) is 5.26 Å². The molecule has 0 bridgehead atoms. The normalized spacial score (nSPS) is 10.0. The summed E-state index contributed by atoms with van der Waals surface area (Å²) in [6, 6.07) is 5.50. The Morgan fingerprint density at radius 1 is 1.45 bits per heavy atom. The van der Waals surface area contributed by atoms with E-state index in [1.54, 1.807) is 7.05 Å². The minimum atomic E-state index is -0.102. The number of nitriles is 1. The molecule has 9 heteroatoms. The van der Waals surface area contributed by atoms with Crippen molar-refractivity contribution >= 4 is 51.6 Å². The van der Waals surface area contributed by atoms with E-state index in [-0.39, 0.29) is 11.7 Å². The number of hydrogen-bond acceptors (Lipinski definition) is 8. The Morgan fingerprint density at radius 2 is 2.27 bits per heavy atom. The second-order valence-electron chi connectivity index (χ2n) is 4.13. The van der Waals surface area contributed by atoms with Crippen molar-refractivity contribution in [2.24, 2.45) is 0 Å². The molecular formula is C13H13N5OS3. The van der Waals surface area contributed by atoms with E-state index in [0.29, 0.717) is 0 Å². The lowest BCUT2D eigenvalue weighted by molar-refractivity contribution is -0.113. The summed E-state index contributed by atoms with van der Waals surface area (Å²) in [7, 11) is 1.78. The topological polar surface area (TPSA) is 90.7 Å². The van der Waals surface area contributed by atoms with E-state index in [0.717, 1.165) is 37.4 Å². The molecule has 1 aromatic carbocycles. The number of aromatic nitrogens is 2. The molecule has 1 heterocycles. The lowest BCUT2D eigenvalue weighted by atomic mass is 10.2. The third-order valence-electron chi connectivity index (χ3n) is 2.58. The quantitative estimate of drug-likeness (QED) is 0.610. The molecular weight excluding hydrogens is 338 g/mol. The summed E-state index contributed by atoms with van der Waals surface area (Å²) in [5.74, 6) is 0.168. The highest BCUT2D eigenvalue weighted by Gasteiger charge is 2.09. The number of aryl methyl sites for hydroxylation is 1. The number of anilines is 2. The van der Waals surface area contributed by atoms with Crippen LogP contribution in [0.3, 0.4) is 0 Å². The molecule has 0 aliphatic carbocycles. The molecule has 1 aromatic heterocycles. The monoisotopic (exact) mass is 351 g/mol. The van der Waals surface area contributed by atoms with Crippen LogP contribution in [-0.2, 0) is 4.79 Å². The van der Waals surface area contributed by atoms with Gasteiger partial charge in [-0.2, -0.15) is 5.26 Å². The fraction of sp³-hybridized carbons (Fsp3) is 0.231. The van der Waals surface area contributed by atoms with Crippen LogP contribution in [0.2, 0.25) is 0 Å². The van der Waals surface area contributed by atoms with Crippen LogP contribution < -0.4 is 10.6 Å². The van der Waals surface area contributed by atoms with Gasteiger partial charge in [0.25, 0.3) is 0 Å². The molecule has 0 aliphatic heterocycles. The summed E-state index contributed by atoms with van der Waals surface area (Å²) in [6.45, 7) is 1.90. The van der Waals surface area contributed by atoms with Crippen molar-refractivity contribution in [3.63, 3.8) is 0 Å². The maximum atomic E-state index is 12.0. The third-order valence-corrected chi connectivity index (χ3v) is 5.24. The number of nitrogens with one attached hydrogen (secondary N) is 2. The molecule has 6 nitrogen and oxygen atoms in total. The van der Waals surface area contributed by atoms with Crippen molar-refractivity contribution in [3.05, 3.63) is 23.8 Å². The number of rotatable bonds is 6. The van der Waals surface area contributed by atoms with Crippen LogP contribution in [0, 0.1) is 17.6 Å². The van der Waals surface area contributed by atoms with Crippen LogP contribution in [0.25, 0.3) is 0 Å². The van der Waals surface area contributed by atoms with Crippen molar-refractivity contribution in [3.8, 4) is 5.40 Å². The number of benzene rings is 1. The van der Waals surface area contributed by atoms with Gasteiger partial charge >= 0.3 is 0 Å². The maximum Gasteiger partial charge on any atom is 0.234 e. The van der Waals surface area contributed by atoms with E-state index in [2.05, 4.69) is 20.8 Å².